The molecule has 0 saturated heterocycles. The second kappa shape index (κ2) is 11.8. The van der Waals surface area contributed by atoms with Crippen LogP contribution in [0.3, 0.4) is 0 Å². The zero-order valence-corrected chi connectivity index (χ0v) is 17.3. The van der Waals surface area contributed by atoms with Crippen molar-refractivity contribution in [2.45, 2.75) is 31.3 Å². The van der Waals surface area contributed by atoms with Crippen molar-refractivity contribution in [1.29, 1.82) is 0 Å². The second-order valence-corrected chi connectivity index (χ2v) is 6.94. The molecule has 2 aromatic carbocycles. The topological polar surface area (TPSA) is 179 Å². The summed E-state index contributed by atoms with van der Waals surface area (Å²) in [6, 6.07) is 10.4. The second-order valence-electron chi connectivity index (χ2n) is 6.94. The van der Waals surface area contributed by atoms with E-state index >= 15 is 0 Å². The zero-order chi connectivity index (χ0) is 24.4. The largest absolute Gasteiger partial charge is 0.481 e. The number of carbonyl (C=O) groups is 5. The van der Waals surface area contributed by atoms with Crippen LogP contribution in [-0.4, -0.2) is 57.3 Å². The average Bonchev–Trinajstić information content (AvgIpc) is 2.77. The van der Waals surface area contributed by atoms with E-state index < -0.39 is 48.4 Å². The van der Waals surface area contributed by atoms with Gasteiger partial charge in [-0.25, -0.2) is 19.2 Å². The number of amides is 2. The number of ether oxygens (including phenoxy) is 1. The van der Waals surface area contributed by atoms with Crippen molar-refractivity contribution in [3.8, 4) is 5.75 Å². The third kappa shape index (κ3) is 8.32. The lowest BCUT2D eigenvalue weighted by atomic mass is 10.1. The lowest BCUT2D eigenvalue weighted by molar-refractivity contribution is -0.140. The SMILES string of the molecule is O=C(O)CC[C@H](NC(=O)N[C@@H](Cc1ccc(OC(=O)c2ccccc2)cc1)C(=O)O)C(=O)O. The van der Waals surface area contributed by atoms with E-state index in [0.717, 1.165) is 0 Å². The first-order chi connectivity index (χ1) is 15.7. The summed E-state index contributed by atoms with van der Waals surface area (Å²) in [5, 5.41) is 31.4. The van der Waals surface area contributed by atoms with Crippen molar-refractivity contribution in [3.05, 3.63) is 65.7 Å². The molecule has 0 fully saturated rings. The summed E-state index contributed by atoms with van der Waals surface area (Å²) in [6.45, 7) is 0. The van der Waals surface area contributed by atoms with Gasteiger partial charge in [-0.3, -0.25) is 4.79 Å². The lowest BCUT2D eigenvalue weighted by Gasteiger charge is -2.18. The molecule has 5 N–H and O–H groups in total. The molecule has 2 amide bonds. The average molecular weight is 458 g/mol. The first kappa shape index (κ1) is 24.9. The zero-order valence-electron chi connectivity index (χ0n) is 17.3. The molecule has 0 aliphatic heterocycles. The van der Waals surface area contributed by atoms with Crippen LogP contribution in [0.1, 0.15) is 28.8 Å². The summed E-state index contributed by atoms with van der Waals surface area (Å²) in [6.07, 6.45) is -0.984. The molecule has 2 atom stereocenters. The molecule has 0 aromatic heterocycles. The molecule has 33 heavy (non-hydrogen) atoms. The van der Waals surface area contributed by atoms with Crippen LogP contribution < -0.4 is 15.4 Å². The minimum atomic E-state index is -1.49. The molecule has 0 radical (unpaired) electrons. The van der Waals surface area contributed by atoms with Crippen molar-refractivity contribution in [2.24, 2.45) is 0 Å². The molecular formula is C22H22N2O9. The number of esters is 1. The highest BCUT2D eigenvalue weighted by Gasteiger charge is 2.25. The summed E-state index contributed by atoms with van der Waals surface area (Å²) in [5.41, 5.74) is 0.869. The van der Waals surface area contributed by atoms with Gasteiger partial charge in [0.15, 0.2) is 0 Å². The van der Waals surface area contributed by atoms with Crippen LogP contribution >= 0.6 is 0 Å². The number of benzene rings is 2. The van der Waals surface area contributed by atoms with Gasteiger partial charge in [0.1, 0.15) is 17.8 Å². The van der Waals surface area contributed by atoms with Crippen LogP contribution in [0, 0.1) is 0 Å². The van der Waals surface area contributed by atoms with Gasteiger partial charge in [0, 0.05) is 12.8 Å². The summed E-state index contributed by atoms with van der Waals surface area (Å²) >= 11 is 0. The smallest absolute Gasteiger partial charge is 0.343 e. The predicted molar refractivity (Wildman–Crippen MR) is 113 cm³/mol. The van der Waals surface area contributed by atoms with Gasteiger partial charge in [0.25, 0.3) is 0 Å². The van der Waals surface area contributed by atoms with Crippen LogP contribution in [0.2, 0.25) is 0 Å². The highest BCUT2D eigenvalue weighted by atomic mass is 16.5. The van der Waals surface area contributed by atoms with Gasteiger partial charge < -0.3 is 30.7 Å². The van der Waals surface area contributed by atoms with Gasteiger partial charge in [-0.2, -0.15) is 0 Å². The molecule has 11 nitrogen and oxygen atoms in total. The minimum absolute atomic E-state index is 0.136. The molecule has 0 unspecified atom stereocenters. The fourth-order valence-electron chi connectivity index (χ4n) is 2.75. The Hall–Kier alpha value is -4.41. The van der Waals surface area contributed by atoms with Crippen LogP contribution in [0.5, 0.6) is 5.75 Å². The number of nitrogens with one attached hydrogen (secondary N) is 2. The van der Waals surface area contributed by atoms with Crippen molar-refractivity contribution in [3.63, 3.8) is 0 Å². The monoisotopic (exact) mass is 458 g/mol. The van der Waals surface area contributed by atoms with Crippen LogP contribution in [0.15, 0.2) is 54.6 Å². The Morgan fingerprint density at radius 2 is 1.36 bits per heavy atom. The number of hydrogen-bond acceptors (Lipinski definition) is 6. The maximum absolute atomic E-state index is 12.1. The first-order valence-corrected chi connectivity index (χ1v) is 9.76. The van der Waals surface area contributed by atoms with Crippen molar-refractivity contribution < 1.29 is 44.0 Å². The van der Waals surface area contributed by atoms with E-state index in [4.69, 9.17) is 14.9 Å². The number of carboxylic acids is 3. The quantitative estimate of drug-likeness (QED) is 0.246. The Bertz CT molecular complexity index is 1010. The molecule has 2 aromatic rings. The molecule has 0 spiro atoms. The van der Waals surface area contributed by atoms with Gasteiger partial charge in [0.2, 0.25) is 0 Å². The highest BCUT2D eigenvalue weighted by molar-refractivity contribution is 5.91. The molecule has 174 valence electrons. The van der Waals surface area contributed by atoms with E-state index in [0.29, 0.717) is 11.1 Å². The van der Waals surface area contributed by atoms with Gasteiger partial charge in [-0.15, -0.1) is 0 Å². The van der Waals surface area contributed by atoms with E-state index in [1.807, 2.05) is 0 Å². The minimum Gasteiger partial charge on any atom is -0.481 e. The van der Waals surface area contributed by atoms with E-state index in [2.05, 4.69) is 10.6 Å². The van der Waals surface area contributed by atoms with E-state index in [9.17, 15) is 29.1 Å². The van der Waals surface area contributed by atoms with Crippen LogP contribution in [0.25, 0.3) is 0 Å². The Morgan fingerprint density at radius 3 is 1.91 bits per heavy atom. The molecule has 0 aliphatic carbocycles. The molecule has 11 heteroatoms. The number of hydrogen-bond donors (Lipinski definition) is 5. The maximum atomic E-state index is 12.1. The van der Waals surface area contributed by atoms with Gasteiger partial charge >= 0.3 is 29.9 Å². The standard InChI is InChI=1S/C22H22N2O9/c25-18(26)11-10-16(19(27)28)23-22(32)24-17(20(29)30)12-13-6-8-15(9-7-13)33-21(31)14-4-2-1-3-5-14/h1-9,16-17H,10-12H2,(H,25,26)(H,27,28)(H,29,30)(H2,23,24,32)/t16-,17-/m0/s1. The fraction of sp³-hybridized carbons (Fsp3) is 0.227. The molecule has 2 rings (SSSR count). The number of urea groups is 1. The molecule has 0 aliphatic rings. The van der Waals surface area contributed by atoms with Crippen LogP contribution in [-0.2, 0) is 20.8 Å². The molecule has 0 saturated carbocycles. The van der Waals surface area contributed by atoms with Crippen molar-refractivity contribution >= 4 is 29.9 Å². The summed E-state index contributed by atoms with van der Waals surface area (Å²) in [7, 11) is 0. The Balaban J connectivity index is 1.96. The Morgan fingerprint density at radius 1 is 0.788 bits per heavy atom. The molecule has 0 heterocycles. The number of rotatable bonds is 11. The summed E-state index contributed by atoms with van der Waals surface area (Å²) < 4.78 is 5.25. The summed E-state index contributed by atoms with van der Waals surface area (Å²) in [5.74, 6) is -4.35. The van der Waals surface area contributed by atoms with E-state index in [1.54, 1.807) is 30.3 Å². The first-order valence-electron chi connectivity index (χ1n) is 9.76. The maximum Gasteiger partial charge on any atom is 0.343 e. The normalized spacial score (nSPS) is 12.1. The summed E-state index contributed by atoms with van der Waals surface area (Å²) in [4.78, 5) is 57.5. The van der Waals surface area contributed by atoms with Gasteiger partial charge in [0.05, 0.1) is 5.56 Å². The van der Waals surface area contributed by atoms with Gasteiger partial charge in [-0.1, -0.05) is 30.3 Å². The number of aliphatic carboxylic acids is 3. The number of carboxylic acid groups (broad SMARTS) is 3. The van der Waals surface area contributed by atoms with Crippen molar-refractivity contribution in [2.75, 3.05) is 0 Å². The molecular weight excluding hydrogens is 436 g/mol. The highest BCUT2D eigenvalue weighted by Crippen LogP contribution is 2.15. The fourth-order valence-corrected chi connectivity index (χ4v) is 2.75. The third-order valence-corrected chi connectivity index (χ3v) is 4.44. The Labute approximate surface area is 188 Å². The molecule has 0 bridgehead atoms. The Kier molecular flexibility index (Phi) is 8.92. The van der Waals surface area contributed by atoms with Gasteiger partial charge in [-0.05, 0) is 36.2 Å². The van der Waals surface area contributed by atoms with E-state index in [-0.39, 0.29) is 18.6 Å². The lowest BCUT2D eigenvalue weighted by Crippen LogP contribution is -2.51. The van der Waals surface area contributed by atoms with Crippen molar-refractivity contribution in [1.82, 2.24) is 10.6 Å². The van der Waals surface area contributed by atoms with Crippen LogP contribution in [0.4, 0.5) is 4.79 Å². The predicted octanol–water partition coefficient (Wildman–Crippen LogP) is 1.52. The van der Waals surface area contributed by atoms with E-state index in [1.165, 1.54) is 24.3 Å². The number of carbonyl (C=O) groups excluding carboxylic acids is 2. The third-order valence-electron chi connectivity index (χ3n) is 4.44.